The molecular formula is C35H30N4O5. The lowest BCUT2D eigenvalue weighted by Gasteiger charge is -2.10. The van der Waals surface area contributed by atoms with Crippen LogP contribution in [0.5, 0.6) is 5.75 Å². The maximum Gasteiger partial charge on any atom is 0.338 e. The largest absolute Gasteiger partial charge is 0.497 e. The molecule has 0 aliphatic heterocycles. The van der Waals surface area contributed by atoms with Crippen molar-refractivity contribution in [3.8, 4) is 39.9 Å². The molecule has 0 amide bonds. The van der Waals surface area contributed by atoms with E-state index >= 15 is 0 Å². The van der Waals surface area contributed by atoms with Crippen molar-refractivity contribution in [1.82, 2.24) is 19.9 Å². The molecule has 9 heteroatoms. The highest BCUT2D eigenvalue weighted by atomic mass is 16.5. The first-order valence-electron chi connectivity index (χ1n) is 14.1. The lowest BCUT2D eigenvalue weighted by atomic mass is 10.1. The summed E-state index contributed by atoms with van der Waals surface area (Å²) in [6, 6.07) is 23.6. The van der Waals surface area contributed by atoms with Gasteiger partial charge in [0.1, 0.15) is 5.75 Å². The van der Waals surface area contributed by atoms with Crippen LogP contribution in [0.15, 0.2) is 91.3 Å². The van der Waals surface area contributed by atoms with E-state index in [0.717, 1.165) is 16.9 Å². The van der Waals surface area contributed by atoms with Gasteiger partial charge in [0.05, 0.1) is 65.6 Å². The summed E-state index contributed by atoms with van der Waals surface area (Å²) in [5.41, 5.74) is 5.66. The fourth-order valence-corrected chi connectivity index (χ4v) is 4.36. The molecule has 0 aliphatic carbocycles. The number of pyridine rings is 4. The Balaban J connectivity index is 1.49. The average molecular weight is 587 g/mol. The molecule has 0 fully saturated rings. The molecule has 0 saturated carbocycles. The number of carbonyl (C=O) groups excluding carboxylic acids is 2. The van der Waals surface area contributed by atoms with Crippen molar-refractivity contribution in [2.24, 2.45) is 0 Å². The van der Waals surface area contributed by atoms with E-state index in [-0.39, 0.29) is 18.8 Å². The highest BCUT2D eigenvalue weighted by Crippen LogP contribution is 2.26. The molecule has 0 bridgehead atoms. The molecule has 220 valence electrons. The second kappa shape index (κ2) is 14.0. The van der Waals surface area contributed by atoms with Crippen LogP contribution < -0.4 is 4.74 Å². The number of methoxy groups -OCH3 is 1. The average Bonchev–Trinajstić information content (AvgIpc) is 3.08. The fraction of sp³-hybridized carbons (Fsp3) is 0.143. The van der Waals surface area contributed by atoms with E-state index in [9.17, 15) is 9.59 Å². The molecule has 1 aromatic carbocycles. The van der Waals surface area contributed by atoms with Gasteiger partial charge in [0.25, 0.3) is 0 Å². The second-order valence-electron chi connectivity index (χ2n) is 9.49. The smallest absolute Gasteiger partial charge is 0.338 e. The number of hydrogen-bond donors (Lipinski definition) is 0. The third kappa shape index (κ3) is 7.19. The van der Waals surface area contributed by atoms with Crippen molar-refractivity contribution in [3.05, 3.63) is 114 Å². The highest BCUT2D eigenvalue weighted by molar-refractivity contribution is 5.93. The van der Waals surface area contributed by atoms with Crippen LogP contribution in [0.1, 0.15) is 45.7 Å². The maximum absolute atomic E-state index is 12.8. The molecule has 5 rings (SSSR count). The van der Waals surface area contributed by atoms with Crippen LogP contribution in [0.3, 0.4) is 0 Å². The van der Waals surface area contributed by atoms with E-state index in [1.54, 1.807) is 57.5 Å². The Morgan fingerprint density at radius 1 is 0.614 bits per heavy atom. The summed E-state index contributed by atoms with van der Waals surface area (Å²) in [4.78, 5) is 43.7. The number of carbonyl (C=O) groups is 2. The Bertz CT molecular complexity index is 1820. The topological polar surface area (TPSA) is 113 Å². The van der Waals surface area contributed by atoms with Gasteiger partial charge in [-0.05, 0) is 85.6 Å². The normalized spacial score (nSPS) is 10.9. The molecular weight excluding hydrogens is 556 g/mol. The molecule has 0 aliphatic rings. The Labute approximate surface area is 255 Å². The summed E-state index contributed by atoms with van der Waals surface area (Å²) in [6.07, 6.45) is 7.25. The number of rotatable bonds is 10. The summed E-state index contributed by atoms with van der Waals surface area (Å²) >= 11 is 0. The van der Waals surface area contributed by atoms with E-state index in [0.29, 0.717) is 39.7 Å². The van der Waals surface area contributed by atoms with Crippen molar-refractivity contribution >= 4 is 24.1 Å². The summed E-state index contributed by atoms with van der Waals surface area (Å²) in [5.74, 6) is -0.177. The Hall–Kier alpha value is -5.70. The van der Waals surface area contributed by atoms with Crippen molar-refractivity contribution in [2.75, 3.05) is 20.3 Å². The number of aromatic nitrogens is 4. The molecule has 4 heterocycles. The predicted octanol–water partition coefficient (Wildman–Crippen LogP) is 6.80. The van der Waals surface area contributed by atoms with E-state index < -0.39 is 11.9 Å². The van der Waals surface area contributed by atoms with E-state index in [2.05, 4.69) is 9.97 Å². The van der Waals surface area contributed by atoms with Gasteiger partial charge in [-0.25, -0.2) is 19.6 Å². The van der Waals surface area contributed by atoms with E-state index in [1.807, 2.05) is 60.7 Å². The quantitative estimate of drug-likeness (QED) is 0.163. The summed E-state index contributed by atoms with van der Waals surface area (Å²) in [5, 5.41) is 0. The highest BCUT2D eigenvalue weighted by Gasteiger charge is 2.17. The first-order valence-corrected chi connectivity index (χ1v) is 14.1. The van der Waals surface area contributed by atoms with Crippen LogP contribution >= 0.6 is 0 Å². The minimum Gasteiger partial charge on any atom is -0.497 e. The molecule has 5 aromatic rings. The number of ether oxygens (including phenoxy) is 3. The summed E-state index contributed by atoms with van der Waals surface area (Å²) in [6.45, 7) is 3.94. The van der Waals surface area contributed by atoms with Gasteiger partial charge in [-0.1, -0.05) is 30.4 Å². The molecule has 44 heavy (non-hydrogen) atoms. The van der Waals surface area contributed by atoms with E-state index in [1.165, 1.54) is 6.20 Å². The number of esters is 2. The van der Waals surface area contributed by atoms with E-state index in [4.69, 9.17) is 24.2 Å². The van der Waals surface area contributed by atoms with Gasteiger partial charge in [-0.2, -0.15) is 0 Å². The Kier molecular flexibility index (Phi) is 9.46. The monoisotopic (exact) mass is 586 g/mol. The van der Waals surface area contributed by atoms with Crippen LogP contribution in [0.2, 0.25) is 0 Å². The van der Waals surface area contributed by atoms with Gasteiger partial charge in [0.2, 0.25) is 0 Å². The fourth-order valence-electron chi connectivity index (χ4n) is 4.36. The molecule has 0 saturated heterocycles. The Morgan fingerprint density at radius 2 is 1.16 bits per heavy atom. The van der Waals surface area contributed by atoms with Crippen molar-refractivity contribution < 1.29 is 23.8 Å². The molecule has 4 aromatic heterocycles. The second-order valence-corrected chi connectivity index (χ2v) is 9.49. The minimum atomic E-state index is -0.506. The standard InChI is InChI=1S/C35H30N4O5/c1-4-43-34(40)25-16-18-37-31(20-25)33-22-26(35(41)44-5-2)21-32(39-33)29-8-6-7-28(38-29)30-19-24(15-17-36-30)10-9-23-11-13-27(42-3)14-12-23/h6-22H,4-5H2,1-3H3/b10-9+. The van der Waals surface area contributed by atoms with Gasteiger partial charge in [-0.15, -0.1) is 0 Å². The predicted molar refractivity (Wildman–Crippen MR) is 168 cm³/mol. The summed E-state index contributed by atoms with van der Waals surface area (Å²) < 4.78 is 15.6. The van der Waals surface area contributed by atoms with Gasteiger partial charge in [0, 0.05) is 12.4 Å². The lowest BCUT2D eigenvalue weighted by Crippen LogP contribution is -2.07. The zero-order chi connectivity index (χ0) is 30.9. The first-order chi connectivity index (χ1) is 21.5. The zero-order valence-electron chi connectivity index (χ0n) is 24.6. The third-order valence-electron chi connectivity index (χ3n) is 6.51. The number of benzene rings is 1. The minimum absolute atomic E-state index is 0.213. The first kappa shape index (κ1) is 29.8. The van der Waals surface area contributed by atoms with Crippen molar-refractivity contribution in [1.29, 1.82) is 0 Å². The number of nitrogens with zero attached hydrogens (tertiary/aromatic N) is 4. The molecule has 0 spiro atoms. The van der Waals surface area contributed by atoms with Gasteiger partial charge in [-0.3, -0.25) is 9.97 Å². The molecule has 0 unspecified atom stereocenters. The third-order valence-corrected chi connectivity index (χ3v) is 6.51. The van der Waals surface area contributed by atoms with Crippen LogP contribution in [0.4, 0.5) is 0 Å². The Morgan fingerprint density at radius 3 is 1.84 bits per heavy atom. The van der Waals surface area contributed by atoms with Gasteiger partial charge < -0.3 is 14.2 Å². The molecule has 0 atom stereocenters. The zero-order valence-corrected chi connectivity index (χ0v) is 24.6. The molecule has 0 radical (unpaired) electrons. The van der Waals surface area contributed by atoms with Crippen molar-refractivity contribution in [2.45, 2.75) is 13.8 Å². The summed E-state index contributed by atoms with van der Waals surface area (Å²) in [7, 11) is 1.64. The number of hydrogen-bond acceptors (Lipinski definition) is 9. The van der Waals surface area contributed by atoms with Crippen LogP contribution in [0, 0.1) is 0 Å². The maximum atomic E-state index is 12.8. The lowest BCUT2D eigenvalue weighted by molar-refractivity contribution is 0.0516. The van der Waals surface area contributed by atoms with Gasteiger partial charge >= 0.3 is 11.9 Å². The van der Waals surface area contributed by atoms with Crippen molar-refractivity contribution in [3.63, 3.8) is 0 Å². The molecule has 9 nitrogen and oxygen atoms in total. The van der Waals surface area contributed by atoms with Crippen LogP contribution in [0.25, 0.3) is 46.3 Å². The SMILES string of the molecule is CCOC(=O)c1ccnc(-c2cc(C(=O)OCC)cc(-c3cccc(-c4cc(/C=C/c5ccc(OC)cc5)ccn4)n3)n2)c1. The molecule has 0 N–H and O–H groups in total. The van der Waals surface area contributed by atoms with Crippen LogP contribution in [-0.4, -0.2) is 52.2 Å². The van der Waals surface area contributed by atoms with Crippen LogP contribution in [-0.2, 0) is 9.47 Å². The van der Waals surface area contributed by atoms with Gasteiger partial charge in [0.15, 0.2) is 0 Å².